The third kappa shape index (κ3) is 14.2. The number of aryl methyl sites for hydroxylation is 2. The smallest absolute Gasteiger partial charge is 0.124 e. The van der Waals surface area contributed by atoms with E-state index < -0.39 is 10.1 Å². The summed E-state index contributed by atoms with van der Waals surface area (Å²) in [7, 11) is -4.51. The summed E-state index contributed by atoms with van der Waals surface area (Å²) in [4.78, 5) is -0.304. The molecular weight excluding hydrogens is 813 g/mol. The molecule has 0 saturated carbocycles. The van der Waals surface area contributed by atoms with E-state index >= 15 is 0 Å². The lowest BCUT2D eigenvalue weighted by Crippen LogP contribution is -2.09. The molecule has 0 atom stereocenters. The summed E-state index contributed by atoms with van der Waals surface area (Å²) >= 11 is 0. The molecule has 0 fully saturated rings. The molecule has 0 aromatic heterocycles. The zero-order valence-electron chi connectivity index (χ0n) is 36.4. The molecule has 324 valence electrons. The fourth-order valence-corrected chi connectivity index (χ4v) is 6.76. The van der Waals surface area contributed by atoms with Crippen molar-refractivity contribution in [2.75, 3.05) is 39.6 Å². The minimum Gasteiger partial charge on any atom is -0.744 e. The third-order valence-corrected chi connectivity index (χ3v) is 10.4. The molecule has 0 N–H and O–H groups in total. The van der Waals surface area contributed by atoms with Crippen LogP contribution in [0.2, 0.25) is 0 Å². The van der Waals surface area contributed by atoms with Gasteiger partial charge < -0.3 is 33.0 Å². The van der Waals surface area contributed by atoms with Crippen molar-refractivity contribution in [2.45, 2.75) is 18.7 Å². The summed E-state index contributed by atoms with van der Waals surface area (Å²) in [5, 5.41) is 0. The van der Waals surface area contributed by atoms with Gasteiger partial charge in [-0.05, 0) is 150 Å². The number of rotatable bonds is 19. The van der Waals surface area contributed by atoms with Crippen LogP contribution in [0, 0.1) is 36.1 Å². The van der Waals surface area contributed by atoms with Crippen LogP contribution in [0.15, 0.2) is 169 Å². The molecule has 0 aliphatic rings. The van der Waals surface area contributed by atoms with Crippen LogP contribution in [-0.4, -0.2) is 52.6 Å². The first kappa shape index (κ1) is 48.5. The lowest BCUT2D eigenvalue weighted by atomic mass is 9.93. The Bertz CT molecular complexity index is 2420. The van der Waals surface area contributed by atoms with Crippen molar-refractivity contribution in [1.82, 2.24) is 0 Å². The fraction of sp³-hybridized carbons (Fsp3) is 0.151. The van der Waals surface area contributed by atoms with Crippen LogP contribution in [0.5, 0.6) is 34.5 Å². The Hall–Kier alpha value is -7.14. The second-order valence-electron chi connectivity index (χ2n) is 14.0. The Morgan fingerprint density at radius 3 is 0.762 bits per heavy atom. The molecular formula is C53H54O9S+2. The van der Waals surface area contributed by atoms with Gasteiger partial charge in [-0.15, -0.1) is 0 Å². The van der Waals surface area contributed by atoms with E-state index in [1.807, 2.05) is 111 Å². The molecule has 0 spiro atoms. The molecule has 0 saturated heterocycles. The lowest BCUT2D eigenvalue weighted by Gasteiger charge is -2.14. The van der Waals surface area contributed by atoms with Gasteiger partial charge in [0, 0.05) is 22.3 Å². The van der Waals surface area contributed by atoms with Crippen LogP contribution in [-0.2, 0) is 10.1 Å². The Balaban J connectivity index is 0.00000290. The van der Waals surface area contributed by atoms with Gasteiger partial charge >= 0.3 is 0 Å². The molecule has 63 heavy (non-hydrogen) atoms. The second kappa shape index (κ2) is 23.2. The van der Waals surface area contributed by atoms with Gasteiger partial charge in [-0.1, -0.05) is 71.8 Å². The standard InChI is InChI=1S/C50H46O9S.3CH3/c1-36-3-13-44(14-4-36)54-27-29-56-46-17-7-38(8-18-46)41-33-42(39-9-19-47(20-10-39)57-30-28-55-45-15-5-37(2)6-16-45)35-43(34-41)40-11-21-48(22-12-40)58-31-32-59-49-23-25-50(26-24-49)60(51,52)53;;;/h3-26,33-35H,27-32H2,1-2H3,(H,51,52,53);3*1H3/q;3*+1/p-1. The minimum absolute atomic E-state index is 0. The Labute approximate surface area is 373 Å². The van der Waals surface area contributed by atoms with Gasteiger partial charge in [-0.2, -0.15) is 0 Å². The van der Waals surface area contributed by atoms with E-state index in [4.69, 9.17) is 28.4 Å². The largest absolute Gasteiger partial charge is 0.744 e. The van der Waals surface area contributed by atoms with Crippen molar-refractivity contribution in [2.24, 2.45) is 0 Å². The Kier molecular flexibility index (Phi) is 17.9. The second-order valence-corrected chi connectivity index (χ2v) is 15.4. The van der Waals surface area contributed by atoms with E-state index in [1.165, 1.54) is 35.4 Å². The van der Waals surface area contributed by atoms with Gasteiger partial charge in [0.1, 0.15) is 84.3 Å². The van der Waals surface area contributed by atoms with E-state index in [2.05, 4.69) is 42.5 Å². The molecule has 10 heteroatoms. The highest BCUT2D eigenvalue weighted by molar-refractivity contribution is 7.85. The maximum Gasteiger partial charge on any atom is 0.124 e. The molecule has 0 heterocycles. The number of benzene rings is 7. The Morgan fingerprint density at radius 1 is 0.333 bits per heavy atom. The van der Waals surface area contributed by atoms with E-state index in [1.54, 1.807) is 0 Å². The van der Waals surface area contributed by atoms with Gasteiger partial charge in [-0.3, -0.25) is 0 Å². The monoisotopic (exact) mass is 866 g/mol. The zero-order chi connectivity index (χ0) is 41.7. The summed E-state index contributed by atoms with van der Waals surface area (Å²) < 4.78 is 68.7. The van der Waals surface area contributed by atoms with Crippen molar-refractivity contribution in [3.05, 3.63) is 197 Å². The van der Waals surface area contributed by atoms with Crippen molar-refractivity contribution >= 4 is 10.1 Å². The average molecular weight is 867 g/mol. The average Bonchev–Trinajstić information content (AvgIpc) is 3.27. The SMILES string of the molecule is Cc1ccc(OCCOc2ccc(-c3cc(-c4ccc(OCCOc5ccc(C)cc5)cc4)cc(-c4ccc(OCCOc5ccc(S(=O)(=O)[O-])cc5)cc4)c3)cc2)cc1.[CH3+].[CH3+].[CH3+]. The summed E-state index contributed by atoms with van der Waals surface area (Å²) in [6.45, 7) is 6.30. The molecule has 0 radical (unpaired) electrons. The molecule has 0 unspecified atom stereocenters. The van der Waals surface area contributed by atoms with Gasteiger partial charge in [0.15, 0.2) is 0 Å². The molecule has 0 aliphatic carbocycles. The quantitative estimate of drug-likeness (QED) is 0.0445. The van der Waals surface area contributed by atoms with E-state index in [9.17, 15) is 13.0 Å². The normalized spacial score (nSPS) is 10.6. The van der Waals surface area contributed by atoms with Gasteiger partial charge in [0.25, 0.3) is 0 Å². The molecule has 0 bridgehead atoms. The highest BCUT2D eigenvalue weighted by Crippen LogP contribution is 2.35. The van der Waals surface area contributed by atoms with Crippen molar-refractivity contribution in [3.63, 3.8) is 0 Å². The first-order valence-corrected chi connectivity index (χ1v) is 21.0. The minimum atomic E-state index is -4.51. The van der Waals surface area contributed by atoms with Crippen molar-refractivity contribution < 1.29 is 41.4 Å². The number of hydrogen-bond acceptors (Lipinski definition) is 9. The molecule has 9 nitrogen and oxygen atoms in total. The fourth-order valence-electron chi connectivity index (χ4n) is 6.29. The molecule has 0 aliphatic heterocycles. The van der Waals surface area contributed by atoms with Crippen molar-refractivity contribution in [3.8, 4) is 67.9 Å². The summed E-state index contributed by atoms with van der Waals surface area (Å²) in [6, 6.07) is 51.8. The van der Waals surface area contributed by atoms with Gasteiger partial charge in [-0.25, -0.2) is 8.42 Å². The first-order chi connectivity index (χ1) is 29.1. The zero-order valence-corrected chi connectivity index (χ0v) is 37.2. The van der Waals surface area contributed by atoms with E-state index in [0.717, 1.165) is 56.4 Å². The topological polar surface area (TPSA) is 113 Å². The summed E-state index contributed by atoms with van der Waals surface area (Å²) in [5.41, 5.74) is 8.59. The maximum atomic E-state index is 11.2. The highest BCUT2D eigenvalue weighted by atomic mass is 32.2. The third-order valence-electron chi connectivity index (χ3n) is 9.51. The van der Waals surface area contributed by atoms with E-state index in [-0.39, 0.29) is 40.4 Å². The number of ether oxygens (including phenoxy) is 6. The van der Waals surface area contributed by atoms with Crippen LogP contribution in [0.1, 0.15) is 11.1 Å². The molecule has 7 aromatic carbocycles. The Morgan fingerprint density at radius 2 is 0.540 bits per heavy atom. The summed E-state index contributed by atoms with van der Waals surface area (Å²) in [6.07, 6.45) is 0. The predicted octanol–water partition coefficient (Wildman–Crippen LogP) is 11.9. The first-order valence-electron chi connectivity index (χ1n) is 19.6. The molecule has 7 aromatic rings. The van der Waals surface area contributed by atoms with Crippen molar-refractivity contribution in [1.29, 1.82) is 0 Å². The summed E-state index contributed by atoms with van der Waals surface area (Å²) in [5.74, 6) is 4.27. The highest BCUT2D eigenvalue weighted by Gasteiger charge is 2.10. The van der Waals surface area contributed by atoms with Crippen LogP contribution in [0.4, 0.5) is 0 Å². The van der Waals surface area contributed by atoms with Gasteiger partial charge in [0.2, 0.25) is 0 Å². The molecule has 7 rings (SSSR count). The maximum absolute atomic E-state index is 11.2. The van der Waals surface area contributed by atoms with Crippen LogP contribution >= 0.6 is 0 Å². The lowest BCUT2D eigenvalue weighted by molar-refractivity contribution is 0.217. The molecule has 0 amide bonds. The van der Waals surface area contributed by atoms with Gasteiger partial charge in [0.05, 0.1) is 4.90 Å². The van der Waals surface area contributed by atoms with Crippen LogP contribution in [0.3, 0.4) is 0 Å². The van der Waals surface area contributed by atoms with Crippen LogP contribution < -0.4 is 28.4 Å². The predicted molar refractivity (Wildman–Crippen MR) is 252 cm³/mol. The van der Waals surface area contributed by atoms with Crippen LogP contribution in [0.25, 0.3) is 33.4 Å². The van der Waals surface area contributed by atoms with E-state index in [0.29, 0.717) is 37.9 Å². The number of hydrogen-bond donors (Lipinski definition) is 0.